The quantitative estimate of drug-likeness (QED) is 0.414. The fourth-order valence-corrected chi connectivity index (χ4v) is 2.45. The van der Waals surface area contributed by atoms with Crippen molar-refractivity contribution in [3.8, 4) is 0 Å². The number of halogens is 1. The summed E-state index contributed by atoms with van der Waals surface area (Å²) in [6.07, 6.45) is 1.06. The minimum absolute atomic E-state index is 0.767. The van der Waals surface area contributed by atoms with Gasteiger partial charge in [-0.15, -0.1) is 0 Å². The maximum Gasteiger partial charge on any atom is 0.0789 e. The molecule has 2 aliphatic heterocycles. The third-order valence-corrected chi connectivity index (χ3v) is 2.98. The summed E-state index contributed by atoms with van der Waals surface area (Å²) in [5.74, 6) is 0. The van der Waals surface area contributed by atoms with Crippen molar-refractivity contribution in [2.75, 3.05) is 19.8 Å². The first-order valence-electron chi connectivity index (χ1n) is 3.26. The molecule has 0 unspecified atom stereocenters. The Morgan fingerprint density at radius 2 is 2.50 bits per heavy atom. The topological polar surface area (TPSA) is 12.5 Å². The summed E-state index contributed by atoms with van der Waals surface area (Å²) in [5, 5.41) is 0. The van der Waals surface area contributed by atoms with Gasteiger partial charge in [-0.3, -0.25) is 0 Å². The van der Waals surface area contributed by atoms with Crippen LogP contribution in [0.25, 0.3) is 0 Å². The van der Waals surface area contributed by atoms with Crippen LogP contribution in [0.5, 0.6) is 0 Å². The van der Waals surface area contributed by atoms with Crippen molar-refractivity contribution in [3.05, 3.63) is 10.5 Å². The predicted octanol–water partition coefficient (Wildman–Crippen LogP) is 1.78. The van der Waals surface area contributed by atoms with Gasteiger partial charge < -0.3 is 4.74 Å². The van der Waals surface area contributed by atoms with Crippen molar-refractivity contribution in [1.82, 2.24) is 3.82 Å². The van der Waals surface area contributed by atoms with Crippen LogP contribution in [0.1, 0.15) is 6.42 Å². The molecule has 56 valence electrons. The number of nitrogens with zero attached hydrogens (tertiary/aromatic N) is 1. The zero-order valence-corrected chi connectivity index (χ0v) is 7.04. The van der Waals surface area contributed by atoms with Crippen molar-refractivity contribution in [2.24, 2.45) is 0 Å². The number of hydrogen-bond acceptors (Lipinski definition) is 3. The molecule has 0 spiro atoms. The molecule has 2 rings (SSSR count). The minimum Gasteiger partial charge on any atom is -0.376 e. The molecule has 0 aromatic rings. The molecule has 0 radical (unpaired) electrons. The lowest BCUT2D eigenvalue weighted by Crippen LogP contribution is -2.08. The number of rotatable bonds is 0. The summed E-state index contributed by atoms with van der Waals surface area (Å²) in [6.45, 7) is 2.54. The number of hydrogen-bond donors (Lipinski definition) is 0. The maximum absolute atomic E-state index is 5.79. The Morgan fingerprint density at radius 3 is 3.30 bits per heavy atom. The normalized spacial score (nSPS) is 27.3. The summed E-state index contributed by atoms with van der Waals surface area (Å²) >= 11 is 7.39. The lowest BCUT2D eigenvalue weighted by Gasteiger charge is -2.11. The molecule has 0 fully saturated rings. The number of ether oxygens (including phenoxy) is 1. The second-order valence-electron chi connectivity index (χ2n) is 2.40. The van der Waals surface area contributed by atoms with Crippen LogP contribution in [0.4, 0.5) is 0 Å². The van der Waals surface area contributed by atoms with E-state index in [1.54, 1.807) is 15.8 Å². The lowest BCUT2D eigenvalue weighted by atomic mass is 10.1. The minimum atomic E-state index is 0.767. The zero-order chi connectivity index (χ0) is 6.97. The van der Waals surface area contributed by atoms with E-state index in [-0.39, 0.29) is 0 Å². The standard InChI is InChI=1S/C6H8ClNOS/c7-8-3-5-1-2-9-4-6(5)10-8/h1-4H2. The van der Waals surface area contributed by atoms with Gasteiger partial charge in [-0.05, 0) is 35.7 Å². The third-order valence-electron chi connectivity index (χ3n) is 1.70. The summed E-state index contributed by atoms with van der Waals surface area (Å²) in [5.41, 5.74) is 1.46. The highest BCUT2D eigenvalue weighted by Gasteiger charge is 2.23. The van der Waals surface area contributed by atoms with Gasteiger partial charge in [-0.25, -0.2) is 0 Å². The molecule has 0 aromatic carbocycles. The summed E-state index contributed by atoms with van der Waals surface area (Å²) < 4.78 is 7.00. The molecule has 0 saturated heterocycles. The van der Waals surface area contributed by atoms with Gasteiger partial charge >= 0.3 is 0 Å². The third kappa shape index (κ3) is 1.19. The van der Waals surface area contributed by atoms with Crippen LogP contribution in [-0.4, -0.2) is 23.6 Å². The summed E-state index contributed by atoms with van der Waals surface area (Å²) in [4.78, 5) is 1.32. The van der Waals surface area contributed by atoms with Gasteiger partial charge in [-0.1, -0.05) is 0 Å². The molecule has 0 amide bonds. The van der Waals surface area contributed by atoms with E-state index in [4.69, 9.17) is 16.5 Å². The van der Waals surface area contributed by atoms with Gasteiger partial charge in [-0.2, -0.15) is 3.82 Å². The maximum atomic E-state index is 5.79. The molecule has 0 bridgehead atoms. The monoisotopic (exact) mass is 177 g/mol. The lowest BCUT2D eigenvalue weighted by molar-refractivity contribution is 0.152. The Morgan fingerprint density at radius 1 is 1.60 bits per heavy atom. The summed E-state index contributed by atoms with van der Waals surface area (Å²) in [7, 11) is 0. The van der Waals surface area contributed by atoms with E-state index in [0.29, 0.717) is 0 Å². The molecule has 0 aromatic heterocycles. The fraction of sp³-hybridized carbons (Fsp3) is 0.667. The Hall–Kier alpha value is 0.300. The zero-order valence-electron chi connectivity index (χ0n) is 5.47. The van der Waals surface area contributed by atoms with Crippen LogP contribution in [0.2, 0.25) is 0 Å². The first-order valence-corrected chi connectivity index (χ1v) is 4.37. The SMILES string of the molecule is ClN1CC2=C(COCC2)S1. The van der Waals surface area contributed by atoms with Gasteiger partial charge in [0.2, 0.25) is 0 Å². The van der Waals surface area contributed by atoms with Crippen molar-refractivity contribution in [2.45, 2.75) is 6.42 Å². The van der Waals surface area contributed by atoms with Crippen LogP contribution >= 0.6 is 23.7 Å². The molecule has 2 nitrogen and oxygen atoms in total. The highest BCUT2D eigenvalue weighted by molar-refractivity contribution is 8.01. The van der Waals surface area contributed by atoms with Gasteiger partial charge in [0, 0.05) is 11.4 Å². The molecule has 2 heterocycles. The second-order valence-corrected chi connectivity index (χ2v) is 4.12. The average molecular weight is 178 g/mol. The van der Waals surface area contributed by atoms with E-state index >= 15 is 0 Å². The highest BCUT2D eigenvalue weighted by atomic mass is 35.5. The van der Waals surface area contributed by atoms with Crippen LogP contribution in [-0.2, 0) is 4.74 Å². The van der Waals surface area contributed by atoms with Crippen LogP contribution < -0.4 is 0 Å². The predicted molar refractivity (Wildman–Crippen MR) is 42.6 cm³/mol. The van der Waals surface area contributed by atoms with E-state index < -0.39 is 0 Å². The fourth-order valence-electron chi connectivity index (χ4n) is 1.16. The molecular formula is C6H8ClNOS. The molecular weight excluding hydrogens is 170 g/mol. The van der Waals surface area contributed by atoms with Crippen molar-refractivity contribution in [1.29, 1.82) is 0 Å². The molecule has 2 aliphatic rings. The van der Waals surface area contributed by atoms with Crippen molar-refractivity contribution < 1.29 is 4.74 Å². The molecule has 0 N–H and O–H groups in total. The second kappa shape index (κ2) is 2.74. The molecule has 0 atom stereocenters. The van der Waals surface area contributed by atoms with E-state index in [1.165, 1.54) is 10.5 Å². The van der Waals surface area contributed by atoms with Crippen LogP contribution in [0.15, 0.2) is 10.5 Å². The molecule has 0 saturated carbocycles. The van der Waals surface area contributed by atoms with Gasteiger partial charge in [0.05, 0.1) is 13.2 Å². The van der Waals surface area contributed by atoms with Gasteiger partial charge in [0.25, 0.3) is 0 Å². The molecule has 10 heavy (non-hydrogen) atoms. The van der Waals surface area contributed by atoms with Gasteiger partial charge in [0.15, 0.2) is 0 Å². The smallest absolute Gasteiger partial charge is 0.0789 e. The Kier molecular flexibility index (Phi) is 1.91. The Bertz CT molecular complexity index is 165. The first-order chi connectivity index (χ1) is 4.86. The average Bonchev–Trinajstić information content (AvgIpc) is 2.27. The Labute approximate surface area is 69.4 Å². The van der Waals surface area contributed by atoms with E-state index in [0.717, 1.165) is 26.2 Å². The van der Waals surface area contributed by atoms with Crippen molar-refractivity contribution >= 4 is 23.7 Å². The van der Waals surface area contributed by atoms with E-state index in [1.807, 2.05) is 0 Å². The largest absolute Gasteiger partial charge is 0.376 e. The van der Waals surface area contributed by atoms with Gasteiger partial charge in [0.1, 0.15) is 0 Å². The van der Waals surface area contributed by atoms with E-state index in [9.17, 15) is 0 Å². The summed E-state index contributed by atoms with van der Waals surface area (Å²) in [6, 6.07) is 0. The molecule has 4 heteroatoms. The van der Waals surface area contributed by atoms with Crippen LogP contribution in [0, 0.1) is 0 Å². The Balaban J connectivity index is 2.13. The van der Waals surface area contributed by atoms with Crippen LogP contribution in [0.3, 0.4) is 0 Å². The molecule has 0 aliphatic carbocycles. The van der Waals surface area contributed by atoms with E-state index in [2.05, 4.69) is 0 Å². The first kappa shape index (κ1) is 6.98. The van der Waals surface area contributed by atoms with Crippen molar-refractivity contribution in [3.63, 3.8) is 0 Å². The highest BCUT2D eigenvalue weighted by Crippen LogP contribution is 2.37.